The van der Waals surface area contributed by atoms with Crippen molar-refractivity contribution in [1.29, 1.82) is 0 Å². The van der Waals surface area contributed by atoms with Gasteiger partial charge in [-0.3, -0.25) is 9.59 Å². The Balaban J connectivity index is 2.16. The molecule has 2 aromatic carbocycles. The largest absolute Gasteiger partial charge is 0.354 e. The summed E-state index contributed by atoms with van der Waals surface area (Å²) in [4.78, 5) is 27.8. The zero-order valence-electron chi connectivity index (χ0n) is 20.1. The number of hydrogen-bond donors (Lipinski definition) is 1. The van der Waals surface area contributed by atoms with Crippen LogP contribution in [-0.4, -0.2) is 29.3 Å². The van der Waals surface area contributed by atoms with Crippen molar-refractivity contribution >= 4 is 23.4 Å². The summed E-state index contributed by atoms with van der Waals surface area (Å²) in [5.41, 5.74) is 3.46. The number of nitrogens with zero attached hydrogens (tertiary/aromatic N) is 1. The van der Waals surface area contributed by atoms with E-state index in [1.165, 1.54) is 5.56 Å². The zero-order chi connectivity index (χ0) is 23.7. The summed E-state index contributed by atoms with van der Waals surface area (Å²) in [7, 11) is 0. The number of hydrogen-bond acceptors (Lipinski definition) is 2. The normalized spacial score (nSPS) is 12.3. The van der Waals surface area contributed by atoms with Crippen LogP contribution in [0.25, 0.3) is 0 Å². The Morgan fingerprint density at radius 2 is 1.56 bits per heavy atom. The van der Waals surface area contributed by atoms with Crippen molar-refractivity contribution in [2.45, 2.75) is 78.3 Å². The van der Waals surface area contributed by atoms with Crippen molar-refractivity contribution in [3.05, 3.63) is 70.2 Å². The monoisotopic (exact) mass is 456 g/mol. The van der Waals surface area contributed by atoms with E-state index in [0.717, 1.165) is 17.5 Å². The molecule has 5 heteroatoms. The summed E-state index contributed by atoms with van der Waals surface area (Å²) < 4.78 is 0. The van der Waals surface area contributed by atoms with Crippen LogP contribution in [0.2, 0.25) is 5.02 Å². The van der Waals surface area contributed by atoms with Gasteiger partial charge in [-0.15, -0.1) is 0 Å². The molecule has 0 fully saturated rings. The Morgan fingerprint density at radius 1 is 0.969 bits per heavy atom. The number of halogens is 1. The molecule has 1 N–H and O–H groups in total. The molecule has 0 aliphatic heterocycles. The topological polar surface area (TPSA) is 49.4 Å². The molecular formula is C27H37ClN2O2. The van der Waals surface area contributed by atoms with Gasteiger partial charge in [0.25, 0.3) is 0 Å². The summed E-state index contributed by atoms with van der Waals surface area (Å²) in [5, 5.41) is 3.60. The van der Waals surface area contributed by atoms with Crippen LogP contribution in [0.3, 0.4) is 0 Å². The predicted octanol–water partition coefficient (Wildman–Crippen LogP) is 5.90. The Hall–Kier alpha value is -2.33. The number of benzene rings is 2. The van der Waals surface area contributed by atoms with Gasteiger partial charge in [-0.25, -0.2) is 0 Å². The minimum absolute atomic E-state index is 0.0154. The van der Waals surface area contributed by atoms with Gasteiger partial charge in [0.05, 0.1) is 0 Å². The van der Waals surface area contributed by atoms with E-state index in [2.05, 4.69) is 50.4 Å². The molecule has 0 spiro atoms. The number of amides is 2. The summed E-state index contributed by atoms with van der Waals surface area (Å²) >= 11 is 6.02. The molecule has 0 bridgehead atoms. The molecule has 2 amide bonds. The van der Waals surface area contributed by atoms with Gasteiger partial charge >= 0.3 is 0 Å². The molecule has 2 aromatic rings. The van der Waals surface area contributed by atoms with Gasteiger partial charge in [0.2, 0.25) is 11.8 Å². The van der Waals surface area contributed by atoms with E-state index in [4.69, 9.17) is 11.6 Å². The third kappa shape index (κ3) is 7.67. The number of carbonyl (C=O) groups excluding carboxylic acids is 2. The van der Waals surface area contributed by atoms with Gasteiger partial charge < -0.3 is 10.2 Å². The number of rotatable bonds is 10. The molecule has 174 valence electrons. The standard InChI is InChI=1S/C27H37ClN2O2/c1-6-18-29-26(32)24(7-2)30(19-21-10-15-23(28)16-11-21)25(31)17-12-20-8-13-22(14-9-20)27(3,4)5/h8-11,13-16,24H,6-7,12,17-19H2,1-5H3,(H,29,32)/t24-/m1/s1. The first-order valence-corrected chi connectivity index (χ1v) is 11.9. The highest BCUT2D eigenvalue weighted by molar-refractivity contribution is 6.30. The van der Waals surface area contributed by atoms with Gasteiger partial charge in [-0.1, -0.05) is 82.6 Å². The van der Waals surface area contributed by atoms with Gasteiger partial charge in [-0.2, -0.15) is 0 Å². The van der Waals surface area contributed by atoms with Crippen LogP contribution >= 0.6 is 11.6 Å². The van der Waals surface area contributed by atoms with Crippen molar-refractivity contribution in [2.24, 2.45) is 0 Å². The van der Waals surface area contributed by atoms with E-state index >= 15 is 0 Å². The minimum Gasteiger partial charge on any atom is -0.354 e. The first-order valence-electron chi connectivity index (χ1n) is 11.6. The summed E-state index contributed by atoms with van der Waals surface area (Å²) in [6.07, 6.45) is 2.43. The Morgan fingerprint density at radius 3 is 2.09 bits per heavy atom. The second kappa shape index (κ2) is 12.1. The van der Waals surface area contributed by atoms with E-state index in [9.17, 15) is 9.59 Å². The smallest absolute Gasteiger partial charge is 0.242 e. The lowest BCUT2D eigenvalue weighted by Gasteiger charge is -2.31. The van der Waals surface area contributed by atoms with Gasteiger partial charge in [0.1, 0.15) is 6.04 Å². The Bertz CT molecular complexity index is 870. The second-order valence-electron chi connectivity index (χ2n) is 9.31. The second-order valence-corrected chi connectivity index (χ2v) is 9.75. The highest BCUT2D eigenvalue weighted by Crippen LogP contribution is 2.23. The van der Waals surface area contributed by atoms with Gasteiger partial charge in [0, 0.05) is 24.5 Å². The third-order valence-electron chi connectivity index (χ3n) is 5.65. The van der Waals surface area contributed by atoms with Crippen LogP contribution in [0.15, 0.2) is 48.5 Å². The van der Waals surface area contributed by atoms with Crippen LogP contribution in [-0.2, 0) is 28.0 Å². The molecule has 0 aromatic heterocycles. The zero-order valence-corrected chi connectivity index (χ0v) is 20.8. The van der Waals surface area contributed by atoms with Crippen LogP contribution < -0.4 is 5.32 Å². The quantitative estimate of drug-likeness (QED) is 0.483. The first-order chi connectivity index (χ1) is 15.2. The van der Waals surface area contributed by atoms with E-state index in [1.807, 2.05) is 38.1 Å². The maximum absolute atomic E-state index is 13.3. The number of aryl methyl sites for hydroxylation is 1. The highest BCUT2D eigenvalue weighted by atomic mass is 35.5. The molecule has 0 aliphatic carbocycles. The molecule has 0 unspecified atom stereocenters. The molecule has 0 saturated heterocycles. The van der Waals surface area contributed by atoms with Crippen LogP contribution in [0.1, 0.15) is 70.6 Å². The van der Waals surface area contributed by atoms with Crippen LogP contribution in [0.4, 0.5) is 0 Å². The highest BCUT2D eigenvalue weighted by Gasteiger charge is 2.28. The van der Waals surface area contributed by atoms with Crippen molar-refractivity contribution < 1.29 is 9.59 Å². The molecule has 4 nitrogen and oxygen atoms in total. The van der Waals surface area contributed by atoms with Gasteiger partial charge in [-0.05, 0) is 53.5 Å². The maximum Gasteiger partial charge on any atom is 0.242 e. The lowest BCUT2D eigenvalue weighted by Crippen LogP contribution is -2.49. The third-order valence-corrected chi connectivity index (χ3v) is 5.90. The van der Waals surface area contributed by atoms with E-state index in [-0.39, 0.29) is 17.2 Å². The van der Waals surface area contributed by atoms with Crippen molar-refractivity contribution in [3.63, 3.8) is 0 Å². The van der Waals surface area contributed by atoms with Crippen molar-refractivity contribution in [1.82, 2.24) is 10.2 Å². The predicted molar refractivity (Wildman–Crippen MR) is 133 cm³/mol. The number of nitrogens with one attached hydrogen (secondary N) is 1. The summed E-state index contributed by atoms with van der Waals surface area (Å²) in [6, 6.07) is 15.4. The molecule has 32 heavy (non-hydrogen) atoms. The summed E-state index contributed by atoms with van der Waals surface area (Å²) in [6.45, 7) is 11.5. The molecule has 0 radical (unpaired) electrons. The molecular weight excluding hydrogens is 420 g/mol. The van der Waals surface area contributed by atoms with Crippen LogP contribution in [0, 0.1) is 0 Å². The molecule has 2 rings (SSSR count). The van der Waals surface area contributed by atoms with Crippen molar-refractivity contribution in [2.75, 3.05) is 6.54 Å². The minimum atomic E-state index is -0.493. The van der Waals surface area contributed by atoms with Gasteiger partial charge in [0.15, 0.2) is 0 Å². The molecule has 0 aliphatic rings. The SMILES string of the molecule is CCCNC(=O)[C@@H](CC)N(Cc1ccc(Cl)cc1)C(=O)CCc1ccc(C(C)(C)C)cc1. The fourth-order valence-electron chi connectivity index (χ4n) is 3.64. The average Bonchev–Trinajstić information content (AvgIpc) is 2.76. The van der Waals surface area contributed by atoms with E-state index < -0.39 is 6.04 Å². The fourth-order valence-corrected chi connectivity index (χ4v) is 3.76. The van der Waals surface area contributed by atoms with E-state index in [0.29, 0.717) is 37.4 Å². The maximum atomic E-state index is 13.3. The van der Waals surface area contributed by atoms with Crippen molar-refractivity contribution in [3.8, 4) is 0 Å². The Kier molecular flexibility index (Phi) is 9.77. The van der Waals surface area contributed by atoms with E-state index in [1.54, 1.807) is 4.90 Å². The number of carbonyl (C=O) groups is 2. The average molecular weight is 457 g/mol. The lowest BCUT2D eigenvalue weighted by atomic mass is 9.86. The molecule has 0 saturated carbocycles. The molecule has 1 atom stereocenters. The molecule has 0 heterocycles. The summed E-state index contributed by atoms with van der Waals surface area (Å²) in [5.74, 6) is -0.107. The van der Waals surface area contributed by atoms with Crippen LogP contribution in [0.5, 0.6) is 0 Å². The Labute approximate surface area is 198 Å². The first kappa shape index (κ1) is 25.9. The lowest BCUT2D eigenvalue weighted by molar-refractivity contribution is -0.141. The fraction of sp³-hybridized carbons (Fsp3) is 0.481.